The van der Waals surface area contributed by atoms with Gasteiger partial charge in [-0.1, -0.05) is 87.0 Å². The summed E-state index contributed by atoms with van der Waals surface area (Å²) < 4.78 is 0. The SMILES string of the molecule is Cc1c(-c2[c-]ccc(-c3ccc(C(C)(C)C)cc3)c2)nc2cccc3c2c1-c1ccccc1-3.[Ir]. The van der Waals surface area contributed by atoms with E-state index in [4.69, 9.17) is 4.98 Å². The summed E-state index contributed by atoms with van der Waals surface area (Å²) in [7, 11) is 0. The zero-order valence-electron chi connectivity index (χ0n) is 19.9. The van der Waals surface area contributed by atoms with Crippen molar-refractivity contribution in [3.05, 3.63) is 102 Å². The number of benzene rings is 4. The molecule has 1 aromatic heterocycles. The second kappa shape index (κ2) is 8.31. The predicted molar refractivity (Wildman–Crippen MR) is 139 cm³/mol. The fourth-order valence-corrected chi connectivity index (χ4v) is 5.11. The molecule has 4 aromatic carbocycles. The summed E-state index contributed by atoms with van der Waals surface area (Å²) in [6, 6.07) is 34.0. The van der Waals surface area contributed by atoms with Gasteiger partial charge in [-0.15, -0.1) is 35.4 Å². The van der Waals surface area contributed by atoms with Crippen molar-refractivity contribution in [2.24, 2.45) is 0 Å². The molecule has 1 radical (unpaired) electrons. The Labute approximate surface area is 215 Å². The molecule has 0 bridgehead atoms. The van der Waals surface area contributed by atoms with Gasteiger partial charge < -0.3 is 0 Å². The van der Waals surface area contributed by atoms with E-state index in [0.717, 1.165) is 16.8 Å². The van der Waals surface area contributed by atoms with Crippen LogP contribution >= 0.6 is 0 Å². The molecule has 0 aliphatic heterocycles. The molecule has 1 aliphatic rings. The van der Waals surface area contributed by atoms with Crippen LogP contribution in [0.15, 0.2) is 84.9 Å². The van der Waals surface area contributed by atoms with E-state index in [1.807, 2.05) is 6.07 Å². The van der Waals surface area contributed by atoms with E-state index >= 15 is 0 Å². The molecule has 169 valence electrons. The molecular weight excluding hydrogens is 591 g/mol. The number of rotatable bonds is 2. The van der Waals surface area contributed by atoms with Crippen LogP contribution in [-0.2, 0) is 25.5 Å². The van der Waals surface area contributed by atoms with Gasteiger partial charge in [0.15, 0.2) is 0 Å². The number of hydrogen-bond donors (Lipinski definition) is 0. The van der Waals surface area contributed by atoms with E-state index in [0.29, 0.717) is 0 Å². The summed E-state index contributed by atoms with van der Waals surface area (Å²) in [5.41, 5.74) is 13.4. The predicted octanol–water partition coefficient (Wildman–Crippen LogP) is 8.62. The van der Waals surface area contributed by atoms with Gasteiger partial charge in [-0.05, 0) is 57.5 Å². The summed E-state index contributed by atoms with van der Waals surface area (Å²) in [6.45, 7) is 8.95. The Morgan fingerprint density at radius 1 is 0.735 bits per heavy atom. The smallest absolute Gasteiger partial charge is 0.0608 e. The van der Waals surface area contributed by atoms with Gasteiger partial charge in [-0.25, -0.2) is 0 Å². The van der Waals surface area contributed by atoms with Gasteiger partial charge in [0.1, 0.15) is 0 Å². The molecule has 1 aliphatic carbocycles. The van der Waals surface area contributed by atoms with Gasteiger partial charge in [0.25, 0.3) is 0 Å². The minimum absolute atomic E-state index is 0. The van der Waals surface area contributed by atoms with Crippen LogP contribution in [-0.4, -0.2) is 4.98 Å². The van der Waals surface area contributed by atoms with Gasteiger partial charge in [-0.2, -0.15) is 0 Å². The number of aromatic nitrogens is 1. The molecule has 0 saturated carbocycles. The Balaban J connectivity index is 0.00000241. The maximum atomic E-state index is 5.14. The summed E-state index contributed by atoms with van der Waals surface area (Å²) in [5.74, 6) is 0. The standard InChI is InChI=1S/C32H26N.Ir/c1-20-29-26-12-6-5-11-25(26)27-13-8-14-28(30(27)29)33-31(20)23-10-7-9-22(19-23)21-15-17-24(18-16-21)32(2,3)4;/h5-9,11-19H,1-4H3;/q-1;. The fraction of sp³-hybridized carbons (Fsp3) is 0.156. The largest absolute Gasteiger partial charge is 0.296 e. The van der Waals surface area contributed by atoms with Crippen LogP contribution in [0.2, 0.25) is 0 Å². The van der Waals surface area contributed by atoms with Crippen LogP contribution < -0.4 is 0 Å². The van der Waals surface area contributed by atoms with Gasteiger partial charge in [0, 0.05) is 25.5 Å². The number of nitrogens with zero attached hydrogens (tertiary/aromatic N) is 1. The molecule has 34 heavy (non-hydrogen) atoms. The fourth-order valence-electron chi connectivity index (χ4n) is 5.11. The molecular formula is C32H26IrN-. The minimum Gasteiger partial charge on any atom is -0.296 e. The number of hydrogen-bond acceptors (Lipinski definition) is 1. The van der Waals surface area contributed by atoms with Crippen molar-refractivity contribution >= 4 is 10.9 Å². The molecule has 5 aromatic rings. The molecule has 0 N–H and O–H groups in total. The van der Waals surface area contributed by atoms with Crippen LogP contribution in [0.5, 0.6) is 0 Å². The average Bonchev–Trinajstić information content (AvgIpc) is 3.17. The summed E-state index contributed by atoms with van der Waals surface area (Å²) in [6.07, 6.45) is 0. The van der Waals surface area contributed by atoms with Crippen molar-refractivity contribution in [3.8, 4) is 44.6 Å². The summed E-state index contributed by atoms with van der Waals surface area (Å²) in [5, 5.41) is 1.27. The van der Waals surface area contributed by atoms with Crippen LogP contribution in [0.3, 0.4) is 0 Å². The molecule has 6 rings (SSSR count). The van der Waals surface area contributed by atoms with Crippen LogP contribution in [0.1, 0.15) is 31.9 Å². The third kappa shape index (κ3) is 3.54. The molecule has 0 fully saturated rings. The van der Waals surface area contributed by atoms with Gasteiger partial charge in [0.05, 0.1) is 5.52 Å². The molecule has 0 saturated heterocycles. The Bertz CT molecular complexity index is 1540. The third-order valence-corrected chi connectivity index (χ3v) is 6.88. The molecule has 1 nitrogen and oxygen atoms in total. The number of fused-ring (bicyclic) bond motifs is 3. The van der Waals surface area contributed by atoms with Crippen LogP contribution in [0.4, 0.5) is 0 Å². The van der Waals surface area contributed by atoms with Crippen molar-refractivity contribution in [2.75, 3.05) is 0 Å². The van der Waals surface area contributed by atoms with E-state index in [1.165, 1.54) is 49.9 Å². The topological polar surface area (TPSA) is 12.9 Å². The summed E-state index contributed by atoms with van der Waals surface area (Å²) >= 11 is 0. The Morgan fingerprint density at radius 3 is 2.18 bits per heavy atom. The maximum absolute atomic E-state index is 5.14. The van der Waals surface area contributed by atoms with Gasteiger partial charge in [0.2, 0.25) is 0 Å². The zero-order chi connectivity index (χ0) is 22.7. The Hall–Kier alpha value is -3.06. The quantitative estimate of drug-likeness (QED) is 0.178. The van der Waals surface area contributed by atoms with E-state index in [2.05, 4.69) is 113 Å². The monoisotopic (exact) mass is 617 g/mol. The molecule has 0 unspecified atom stereocenters. The van der Waals surface area contributed by atoms with Crippen LogP contribution in [0, 0.1) is 13.0 Å². The van der Waals surface area contributed by atoms with Crippen LogP contribution in [0.25, 0.3) is 55.5 Å². The molecule has 0 amide bonds. The van der Waals surface area contributed by atoms with Crippen molar-refractivity contribution in [1.82, 2.24) is 4.98 Å². The maximum Gasteiger partial charge on any atom is 0.0608 e. The van der Waals surface area contributed by atoms with Crippen molar-refractivity contribution in [3.63, 3.8) is 0 Å². The number of pyridine rings is 1. The Morgan fingerprint density at radius 2 is 1.44 bits per heavy atom. The second-order valence-corrected chi connectivity index (χ2v) is 10.0. The average molecular weight is 617 g/mol. The molecule has 0 atom stereocenters. The van der Waals surface area contributed by atoms with Crippen molar-refractivity contribution in [1.29, 1.82) is 0 Å². The van der Waals surface area contributed by atoms with Gasteiger partial charge >= 0.3 is 0 Å². The van der Waals surface area contributed by atoms with E-state index in [-0.39, 0.29) is 25.5 Å². The van der Waals surface area contributed by atoms with Crippen molar-refractivity contribution in [2.45, 2.75) is 33.1 Å². The summed E-state index contributed by atoms with van der Waals surface area (Å²) in [4.78, 5) is 5.14. The first kappa shape index (κ1) is 22.7. The van der Waals surface area contributed by atoms with E-state index in [9.17, 15) is 0 Å². The van der Waals surface area contributed by atoms with E-state index < -0.39 is 0 Å². The molecule has 2 heteroatoms. The van der Waals surface area contributed by atoms with E-state index in [1.54, 1.807) is 0 Å². The first-order valence-corrected chi connectivity index (χ1v) is 11.6. The Kier molecular flexibility index (Phi) is 5.55. The van der Waals surface area contributed by atoms with Crippen molar-refractivity contribution < 1.29 is 20.1 Å². The zero-order valence-corrected chi connectivity index (χ0v) is 22.3. The first-order valence-electron chi connectivity index (χ1n) is 11.6. The first-order chi connectivity index (χ1) is 15.9. The molecule has 1 heterocycles. The van der Waals surface area contributed by atoms with Gasteiger partial charge in [-0.3, -0.25) is 4.98 Å². The third-order valence-electron chi connectivity index (χ3n) is 6.88. The minimum atomic E-state index is 0. The second-order valence-electron chi connectivity index (χ2n) is 10.0. The molecule has 0 spiro atoms. The normalized spacial score (nSPS) is 11.9.